The number of fused-ring (bicyclic) bond motifs is 4. The lowest BCUT2D eigenvalue weighted by molar-refractivity contribution is 0.0989. The molecule has 0 spiro atoms. The number of halogens is 3. The fourth-order valence-electron chi connectivity index (χ4n) is 4.95. The van der Waals surface area contributed by atoms with Gasteiger partial charge in [0.2, 0.25) is 0 Å². The van der Waals surface area contributed by atoms with Gasteiger partial charge in [-0.05, 0) is 105 Å². The minimum atomic E-state index is -0.272. The highest BCUT2D eigenvalue weighted by Crippen LogP contribution is 2.48. The summed E-state index contributed by atoms with van der Waals surface area (Å²) in [5, 5.41) is 1.86. The van der Waals surface area contributed by atoms with E-state index in [2.05, 4.69) is 61.3 Å². The standard InChI is InChI=1S/C30H15BrI2N4O2/c31-37-25(13-12-18-27(38)19-14-16-6-1-2-7-17(16)15-20(19)28(18)39)36(26-21(32)8-5-9-22(26)33)29-30(37)35-24-11-4-3-10-23(24)34-29/h1-15H/b25-13-. The van der Waals surface area contributed by atoms with Gasteiger partial charge in [-0.1, -0.05) is 42.5 Å². The van der Waals surface area contributed by atoms with Gasteiger partial charge in [0, 0.05) is 18.3 Å². The monoisotopic (exact) mass is 796 g/mol. The summed E-state index contributed by atoms with van der Waals surface area (Å²) in [4.78, 5) is 38.6. The molecule has 39 heavy (non-hydrogen) atoms. The van der Waals surface area contributed by atoms with Gasteiger partial charge in [0.25, 0.3) is 0 Å². The molecular formula is C30H15BrI2N4O2. The van der Waals surface area contributed by atoms with Gasteiger partial charge in [0.1, 0.15) is 5.82 Å². The van der Waals surface area contributed by atoms with Crippen LogP contribution in [0, 0.1) is 7.14 Å². The number of carbonyl (C=O) groups is 2. The Hall–Kier alpha value is -3.16. The highest BCUT2D eigenvalue weighted by atomic mass is 127. The van der Waals surface area contributed by atoms with Crippen LogP contribution in [0.3, 0.4) is 0 Å². The molecule has 0 amide bonds. The summed E-state index contributed by atoms with van der Waals surface area (Å²) < 4.78 is 3.81. The number of aromatic nitrogens is 2. The number of hydrogen-bond acceptors (Lipinski definition) is 6. The van der Waals surface area contributed by atoms with E-state index in [0.29, 0.717) is 28.6 Å². The summed E-state index contributed by atoms with van der Waals surface area (Å²) in [5.41, 5.74) is 3.48. The molecule has 5 aromatic rings. The van der Waals surface area contributed by atoms with Crippen molar-refractivity contribution >= 4 is 112 Å². The summed E-state index contributed by atoms with van der Waals surface area (Å²) in [6.07, 6.45) is 3.39. The lowest BCUT2D eigenvalue weighted by Gasteiger charge is -2.23. The Balaban J connectivity index is 1.40. The van der Waals surface area contributed by atoms with Crippen molar-refractivity contribution in [3.8, 4) is 0 Å². The van der Waals surface area contributed by atoms with Gasteiger partial charge in [-0.3, -0.25) is 14.5 Å². The molecule has 9 heteroatoms. The molecule has 2 heterocycles. The molecule has 0 atom stereocenters. The Morgan fingerprint density at radius 3 is 1.82 bits per heavy atom. The van der Waals surface area contributed by atoms with Crippen LogP contribution in [0.1, 0.15) is 20.7 Å². The van der Waals surface area contributed by atoms with Crippen LogP contribution in [0.4, 0.5) is 17.3 Å². The second-order valence-electron chi connectivity index (χ2n) is 9.05. The number of allylic oxidation sites excluding steroid dienone is 3. The van der Waals surface area contributed by atoms with Crippen molar-refractivity contribution in [3.63, 3.8) is 0 Å². The molecule has 0 bridgehead atoms. The zero-order valence-electron chi connectivity index (χ0n) is 19.9. The van der Waals surface area contributed by atoms with Crippen LogP contribution in [0.15, 0.2) is 102 Å². The topological polar surface area (TPSA) is 66.4 Å². The maximum Gasteiger partial charge on any atom is 0.197 e. The van der Waals surface area contributed by atoms with Gasteiger partial charge in [-0.25, -0.2) is 13.9 Å². The van der Waals surface area contributed by atoms with Crippen LogP contribution in [-0.4, -0.2) is 21.5 Å². The van der Waals surface area contributed by atoms with Crippen LogP contribution in [0.5, 0.6) is 0 Å². The Morgan fingerprint density at radius 1 is 0.692 bits per heavy atom. The second-order valence-corrected chi connectivity index (χ2v) is 12.1. The molecule has 1 aliphatic heterocycles. The van der Waals surface area contributed by atoms with Crippen LogP contribution in [-0.2, 0) is 0 Å². The molecular weight excluding hydrogens is 782 g/mol. The number of Topliss-reactive ketones (excluding diaryl/α,β-unsaturated/α-hetero) is 2. The maximum absolute atomic E-state index is 13.4. The predicted molar refractivity (Wildman–Crippen MR) is 174 cm³/mol. The van der Waals surface area contributed by atoms with Crippen molar-refractivity contribution in [2.75, 3.05) is 8.83 Å². The molecule has 2 aliphatic rings. The number of hydrogen-bond donors (Lipinski definition) is 0. The van der Waals surface area contributed by atoms with Crippen LogP contribution in [0.2, 0.25) is 0 Å². The zero-order valence-corrected chi connectivity index (χ0v) is 25.8. The van der Waals surface area contributed by atoms with Crippen molar-refractivity contribution < 1.29 is 9.59 Å². The average Bonchev–Trinajstić information content (AvgIpc) is 3.33. The molecule has 0 unspecified atom stereocenters. The Kier molecular flexibility index (Phi) is 6.05. The van der Waals surface area contributed by atoms with E-state index in [4.69, 9.17) is 9.97 Å². The molecule has 0 N–H and O–H groups in total. The third-order valence-corrected chi connectivity index (χ3v) is 9.23. The van der Waals surface area contributed by atoms with E-state index < -0.39 is 0 Å². The van der Waals surface area contributed by atoms with Crippen molar-refractivity contribution in [2.45, 2.75) is 0 Å². The fourth-order valence-corrected chi connectivity index (χ4v) is 7.46. The quantitative estimate of drug-likeness (QED) is 0.0779. The third-order valence-electron chi connectivity index (χ3n) is 6.79. The summed E-state index contributed by atoms with van der Waals surface area (Å²) in [6.45, 7) is 0. The van der Waals surface area contributed by atoms with Gasteiger partial charge in [-0.2, -0.15) is 0 Å². The van der Waals surface area contributed by atoms with E-state index in [0.717, 1.165) is 34.6 Å². The highest BCUT2D eigenvalue weighted by Gasteiger charge is 2.37. The van der Waals surface area contributed by atoms with E-state index in [1.54, 1.807) is 16.1 Å². The molecule has 0 radical (unpaired) electrons. The first-order chi connectivity index (χ1) is 18.9. The number of anilines is 3. The largest absolute Gasteiger partial charge is 0.288 e. The number of carbonyl (C=O) groups excluding carboxylic acids is 2. The zero-order chi connectivity index (χ0) is 26.8. The molecule has 0 saturated heterocycles. The van der Waals surface area contributed by atoms with E-state index in [9.17, 15) is 9.59 Å². The summed E-state index contributed by atoms with van der Waals surface area (Å²) in [5.74, 6) is 1.39. The Labute approximate surface area is 259 Å². The van der Waals surface area contributed by atoms with Gasteiger partial charge in [0.05, 0.1) is 38.4 Å². The van der Waals surface area contributed by atoms with E-state index >= 15 is 0 Å². The molecule has 1 aromatic heterocycles. The van der Waals surface area contributed by atoms with Crippen molar-refractivity contribution in [2.24, 2.45) is 0 Å². The second kappa shape index (κ2) is 9.49. The van der Waals surface area contributed by atoms with Crippen molar-refractivity contribution in [1.82, 2.24) is 9.97 Å². The Bertz CT molecular complexity index is 1890. The summed E-state index contributed by atoms with van der Waals surface area (Å²) in [7, 11) is 0. The van der Waals surface area contributed by atoms with Crippen molar-refractivity contribution in [1.29, 1.82) is 0 Å². The summed E-state index contributed by atoms with van der Waals surface area (Å²) in [6, 6.07) is 25.1. The molecule has 1 aliphatic carbocycles. The maximum atomic E-state index is 13.4. The number of ketones is 2. The Morgan fingerprint density at radius 2 is 1.23 bits per heavy atom. The molecule has 0 saturated carbocycles. The SMILES string of the molecule is O=C1C(=C/C=C2\N(Br)c3nc4ccccc4nc3N2c2c(I)cccc2I)C(=O)c2cc3ccccc3cc21. The van der Waals surface area contributed by atoms with Gasteiger partial charge in [-0.15, -0.1) is 0 Å². The fraction of sp³-hybridized carbons (Fsp3) is 0. The van der Waals surface area contributed by atoms with Gasteiger partial charge in [0.15, 0.2) is 23.2 Å². The highest BCUT2D eigenvalue weighted by molar-refractivity contribution is 14.1. The number of rotatable bonds is 2. The van der Waals surface area contributed by atoms with Crippen molar-refractivity contribution in [3.05, 3.63) is 121 Å². The first kappa shape index (κ1) is 24.9. The molecule has 188 valence electrons. The normalized spacial score (nSPS) is 15.6. The minimum Gasteiger partial charge on any atom is -0.288 e. The molecule has 6 nitrogen and oxygen atoms in total. The smallest absolute Gasteiger partial charge is 0.197 e. The number of benzene rings is 4. The average molecular weight is 797 g/mol. The minimum absolute atomic E-state index is 0.133. The molecule has 0 fully saturated rings. The van der Waals surface area contributed by atoms with Gasteiger partial charge >= 0.3 is 0 Å². The lowest BCUT2D eigenvalue weighted by atomic mass is 10.0. The molecule has 7 rings (SSSR count). The number of nitrogens with zero attached hydrogens (tertiary/aromatic N) is 4. The first-order valence-electron chi connectivity index (χ1n) is 11.9. The summed E-state index contributed by atoms with van der Waals surface area (Å²) >= 11 is 8.31. The van der Waals surface area contributed by atoms with Crippen LogP contribution >= 0.6 is 61.3 Å². The van der Waals surface area contributed by atoms with E-state index in [1.165, 1.54) is 0 Å². The first-order valence-corrected chi connectivity index (χ1v) is 14.8. The van der Waals surface area contributed by atoms with Crippen LogP contribution < -0.4 is 8.83 Å². The lowest BCUT2D eigenvalue weighted by Crippen LogP contribution is -2.20. The third kappa shape index (κ3) is 3.93. The number of para-hydroxylation sites is 3. The predicted octanol–water partition coefficient (Wildman–Crippen LogP) is 8.11. The van der Waals surface area contributed by atoms with E-state index in [1.807, 2.05) is 83.8 Å². The van der Waals surface area contributed by atoms with Crippen LogP contribution in [0.25, 0.3) is 21.8 Å². The molecule has 4 aromatic carbocycles. The van der Waals surface area contributed by atoms with Gasteiger partial charge < -0.3 is 0 Å². The van der Waals surface area contributed by atoms with E-state index in [-0.39, 0.29) is 17.1 Å².